The molecule has 2 aliphatic heterocycles. The molecule has 5 nitrogen and oxygen atoms in total. The van der Waals surface area contributed by atoms with Gasteiger partial charge in [-0.3, -0.25) is 0 Å². The second kappa shape index (κ2) is 6.79. The van der Waals surface area contributed by atoms with Crippen LogP contribution < -0.4 is 14.9 Å². The van der Waals surface area contributed by atoms with Crippen LogP contribution in [-0.4, -0.2) is 43.5 Å². The molecule has 3 rings (SSSR count). The number of hydrogen-bond acceptors (Lipinski definition) is 5. The maximum Gasteiger partial charge on any atom is 0.161 e. The van der Waals surface area contributed by atoms with E-state index in [1.165, 1.54) is 11.3 Å². The molecular formula is C18H27N3O2. The number of nitrogens with zero attached hydrogens (tertiary/aromatic N) is 2. The minimum Gasteiger partial charge on any atom is -0.493 e. The van der Waals surface area contributed by atoms with Gasteiger partial charge in [0.05, 0.1) is 19.3 Å². The molecule has 0 aromatic heterocycles. The molecule has 23 heavy (non-hydrogen) atoms. The van der Waals surface area contributed by atoms with Gasteiger partial charge in [-0.15, -0.1) is 0 Å². The van der Waals surface area contributed by atoms with Gasteiger partial charge in [-0.05, 0) is 38.1 Å². The minimum absolute atomic E-state index is 0.130. The van der Waals surface area contributed by atoms with Crippen molar-refractivity contribution in [2.45, 2.75) is 39.3 Å². The number of ether oxygens (including phenoxy) is 2. The third-order valence-corrected chi connectivity index (χ3v) is 4.67. The SMILES string of the molecule is CCN1CCC2=NNC(c3ccc(OC(C)C)c(OC)c3)C2C1. The van der Waals surface area contributed by atoms with Crippen molar-refractivity contribution in [1.29, 1.82) is 0 Å². The van der Waals surface area contributed by atoms with Crippen LogP contribution in [0.1, 0.15) is 38.8 Å². The average molecular weight is 317 g/mol. The van der Waals surface area contributed by atoms with E-state index in [4.69, 9.17) is 9.47 Å². The monoisotopic (exact) mass is 317 g/mol. The standard InChI is InChI=1S/C18H27N3O2/c1-5-21-9-8-15-14(11-21)18(20-19-15)13-6-7-16(23-12(2)3)17(10-13)22-4/h6-7,10,12,14,18,20H,5,8-9,11H2,1-4H3. The lowest BCUT2D eigenvalue weighted by Gasteiger charge is -2.32. The molecule has 2 heterocycles. The smallest absolute Gasteiger partial charge is 0.161 e. The Bertz CT molecular complexity index is 586. The fourth-order valence-corrected chi connectivity index (χ4v) is 3.43. The summed E-state index contributed by atoms with van der Waals surface area (Å²) in [5, 5.41) is 4.58. The lowest BCUT2D eigenvalue weighted by molar-refractivity contribution is 0.229. The van der Waals surface area contributed by atoms with Crippen molar-refractivity contribution in [3.8, 4) is 11.5 Å². The van der Waals surface area contributed by atoms with E-state index < -0.39 is 0 Å². The quantitative estimate of drug-likeness (QED) is 0.907. The summed E-state index contributed by atoms with van der Waals surface area (Å²) in [6, 6.07) is 6.44. The van der Waals surface area contributed by atoms with Crippen molar-refractivity contribution in [3.63, 3.8) is 0 Å². The highest BCUT2D eigenvalue weighted by molar-refractivity contribution is 5.90. The van der Waals surface area contributed by atoms with Gasteiger partial charge < -0.3 is 19.8 Å². The Morgan fingerprint density at radius 3 is 2.87 bits per heavy atom. The van der Waals surface area contributed by atoms with Gasteiger partial charge in [0, 0.05) is 31.1 Å². The predicted molar refractivity (Wildman–Crippen MR) is 92.3 cm³/mol. The number of nitrogens with one attached hydrogen (secondary N) is 1. The van der Waals surface area contributed by atoms with E-state index in [1.54, 1.807) is 7.11 Å². The first-order chi connectivity index (χ1) is 11.1. The molecule has 2 aliphatic rings. The van der Waals surface area contributed by atoms with E-state index in [0.717, 1.165) is 37.6 Å². The zero-order valence-corrected chi connectivity index (χ0v) is 14.5. The van der Waals surface area contributed by atoms with Crippen LogP contribution in [-0.2, 0) is 0 Å². The van der Waals surface area contributed by atoms with Gasteiger partial charge in [0.1, 0.15) is 0 Å². The Labute approximate surface area is 138 Å². The van der Waals surface area contributed by atoms with E-state index in [2.05, 4.69) is 34.5 Å². The highest BCUT2D eigenvalue weighted by Crippen LogP contribution is 2.37. The van der Waals surface area contributed by atoms with Gasteiger partial charge in [0.25, 0.3) is 0 Å². The molecule has 1 aromatic carbocycles. The van der Waals surface area contributed by atoms with Crippen LogP contribution >= 0.6 is 0 Å². The molecule has 0 spiro atoms. The van der Waals surface area contributed by atoms with Gasteiger partial charge in [-0.25, -0.2) is 0 Å². The van der Waals surface area contributed by atoms with Crippen molar-refractivity contribution in [3.05, 3.63) is 23.8 Å². The predicted octanol–water partition coefficient (Wildman–Crippen LogP) is 2.82. The van der Waals surface area contributed by atoms with Gasteiger partial charge in [-0.1, -0.05) is 13.0 Å². The lowest BCUT2D eigenvalue weighted by Crippen LogP contribution is -2.41. The molecule has 1 saturated heterocycles. The number of likely N-dealkylation sites (tertiary alicyclic amines) is 1. The van der Waals surface area contributed by atoms with Crippen LogP contribution in [0.15, 0.2) is 23.3 Å². The molecule has 0 aliphatic carbocycles. The lowest BCUT2D eigenvalue weighted by atomic mass is 9.86. The van der Waals surface area contributed by atoms with Gasteiger partial charge in [0.15, 0.2) is 11.5 Å². The largest absolute Gasteiger partial charge is 0.493 e. The van der Waals surface area contributed by atoms with Crippen LogP contribution in [0.25, 0.3) is 0 Å². The summed E-state index contributed by atoms with van der Waals surface area (Å²) in [5.41, 5.74) is 5.85. The molecule has 0 bridgehead atoms. The summed E-state index contributed by atoms with van der Waals surface area (Å²) < 4.78 is 11.3. The van der Waals surface area contributed by atoms with Gasteiger partial charge >= 0.3 is 0 Å². The Morgan fingerprint density at radius 2 is 2.17 bits per heavy atom. The summed E-state index contributed by atoms with van der Waals surface area (Å²) in [6.45, 7) is 9.55. The summed E-state index contributed by atoms with van der Waals surface area (Å²) >= 11 is 0. The third kappa shape index (κ3) is 3.29. The second-order valence-corrected chi connectivity index (χ2v) is 6.54. The molecule has 0 saturated carbocycles. The number of fused-ring (bicyclic) bond motifs is 1. The van der Waals surface area contributed by atoms with Crippen molar-refractivity contribution in [1.82, 2.24) is 10.3 Å². The molecule has 2 atom stereocenters. The summed E-state index contributed by atoms with van der Waals surface area (Å²) in [5.74, 6) is 2.03. The fourth-order valence-electron chi connectivity index (χ4n) is 3.43. The Balaban J connectivity index is 1.81. The number of hydrazone groups is 1. The van der Waals surface area contributed by atoms with E-state index in [-0.39, 0.29) is 12.1 Å². The zero-order valence-electron chi connectivity index (χ0n) is 14.5. The number of methoxy groups -OCH3 is 1. The minimum atomic E-state index is 0.130. The Hall–Kier alpha value is -1.75. The maximum atomic E-state index is 5.81. The van der Waals surface area contributed by atoms with Crippen molar-refractivity contribution >= 4 is 5.71 Å². The highest BCUT2D eigenvalue weighted by Gasteiger charge is 2.36. The molecule has 1 aromatic rings. The molecule has 2 unspecified atom stereocenters. The van der Waals surface area contributed by atoms with Crippen LogP contribution in [0.5, 0.6) is 11.5 Å². The number of rotatable bonds is 5. The van der Waals surface area contributed by atoms with Crippen molar-refractivity contribution in [2.75, 3.05) is 26.7 Å². The normalized spacial score (nSPS) is 24.1. The zero-order chi connectivity index (χ0) is 16.4. The second-order valence-electron chi connectivity index (χ2n) is 6.54. The first kappa shape index (κ1) is 16.1. The van der Waals surface area contributed by atoms with E-state index in [0.29, 0.717) is 5.92 Å². The van der Waals surface area contributed by atoms with Crippen molar-refractivity contribution in [2.24, 2.45) is 11.0 Å². The van der Waals surface area contributed by atoms with Gasteiger partial charge in [-0.2, -0.15) is 5.10 Å². The van der Waals surface area contributed by atoms with Crippen LogP contribution in [0.2, 0.25) is 0 Å². The molecule has 0 radical (unpaired) electrons. The molecular weight excluding hydrogens is 290 g/mol. The highest BCUT2D eigenvalue weighted by atomic mass is 16.5. The summed E-state index contributed by atoms with van der Waals surface area (Å²) in [6.07, 6.45) is 1.19. The van der Waals surface area contributed by atoms with Crippen LogP contribution in [0.3, 0.4) is 0 Å². The molecule has 0 amide bonds. The first-order valence-electron chi connectivity index (χ1n) is 8.51. The third-order valence-electron chi connectivity index (χ3n) is 4.67. The summed E-state index contributed by atoms with van der Waals surface area (Å²) in [4.78, 5) is 2.50. The fraction of sp³-hybridized carbons (Fsp3) is 0.611. The molecule has 1 N–H and O–H groups in total. The average Bonchev–Trinajstić information content (AvgIpc) is 2.97. The number of benzene rings is 1. The van der Waals surface area contributed by atoms with Crippen molar-refractivity contribution < 1.29 is 9.47 Å². The first-order valence-corrected chi connectivity index (χ1v) is 8.51. The van der Waals surface area contributed by atoms with E-state index >= 15 is 0 Å². The Kier molecular flexibility index (Phi) is 4.76. The Morgan fingerprint density at radius 1 is 1.35 bits per heavy atom. The molecule has 126 valence electrons. The van der Waals surface area contributed by atoms with E-state index in [9.17, 15) is 0 Å². The van der Waals surface area contributed by atoms with E-state index in [1.807, 2.05) is 19.9 Å². The number of hydrogen-bond donors (Lipinski definition) is 1. The van der Waals surface area contributed by atoms with Gasteiger partial charge in [0.2, 0.25) is 0 Å². The molecule has 1 fully saturated rings. The maximum absolute atomic E-state index is 5.81. The number of piperidine rings is 1. The van der Waals surface area contributed by atoms with Crippen LogP contribution in [0.4, 0.5) is 0 Å². The topological polar surface area (TPSA) is 46.1 Å². The summed E-state index contributed by atoms with van der Waals surface area (Å²) in [7, 11) is 1.69. The van der Waals surface area contributed by atoms with Crippen LogP contribution in [0, 0.1) is 5.92 Å². The molecule has 5 heteroatoms.